The molecule has 2 aromatic rings. The fourth-order valence-electron chi connectivity index (χ4n) is 1.38. The second-order valence-corrected chi connectivity index (χ2v) is 5.67. The average molecular weight is 267 g/mol. The van der Waals surface area contributed by atoms with Gasteiger partial charge < -0.3 is 10.5 Å². The summed E-state index contributed by atoms with van der Waals surface area (Å²) in [5.41, 5.74) is 6.13. The zero-order valence-corrected chi connectivity index (χ0v) is 11.1. The lowest BCUT2D eigenvalue weighted by Gasteiger charge is -2.01. The molecular weight excluding hydrogens is 254 g/mol. The summed E-state index contributed by atoms with van der Waals surface area (Å²) < 4.78 is 5.21. The first-order valence-electron chi connectivity index (χ1n) is 5.28. The Labute approximate surface area is 108 Å². The number of aryl methyl sites for hydroxylation is 1. The molecule has 0 fully saturated rings. The molecule has 2 aromatic heterocycles. The highest BCUT2D eigenvalue weighted by Crippen LogP contribution is 2.22. The van der Waals surface area contributed by atoms with Gasteiger partial charge >= 0.3 is 5.97 Å². The molecule has 0 radical (unpaired) electrons. The molecule has 0 amide bonds. The second kappa shape index (κ2) is 5.33. The van der Waals surface area contributed by atoms with Gasteiger partial charge in [0.2, 0.25) is 0 Å². The van der Waals surface area contributed by atoms with Gasteiger partial charge in [0.1, 0.15) is 11.5 Å². The molecule has 2 N–H and O–H groups in total. The molecule has 5 heteroatoms. The van der Waals surface area contributed by atoms with Crippen molar-refractivity contribution >= 4 is 34.3 Å². The molecule has 2 rings (SSSR count). The van der Waals surface area contributed by atoms with Crippen molar-refractivity contribution in [2.24, 2.45) is 0 Å². The van der Waals surface area contributed by atoms with Gasteiger partial charge in [-0.25, -0.2) is 4.79 Å². The van der Waals surface area contributed by atoms with Crippen molar-refractivity contribution in [1.29, 1.82) is 0 Å². The Morgan fingerprint density at radius 1 is 1.35 bits per heavy atom. The quantitative estimate of drug-likeness (QED) is 0.865. The van der Waals surface area contributed by atoms with Gasteiger partial charge in [0.25, 0.3) is 0 Å². The molecule has 0 saturated heterocycles. The summed E-state index contributed by atoms with van der Waals surface area (Å²) in [6.07, 6.45) is 1.01. The van der Waals surface area contributed by atoms with Gasteiger partial charge in [-0.1, -0.05) is 6.92 Å². The third kappa shape index (κ3) is 2.87. The Bertz CT molecular complexity index is 516. The van der Waals surface area contributed by atoms with Crippen LogP contribution in [0.5, 0.6) is 0 Å². The minimum atomic E-state index is -0.344. The van der Waals surface area contributed by atoms with Crippen molar-refractivity contribution < 1.29 is 9.53 Å². The van der Waals surface area contributed by atoms with Crippen molar-refractivity contribution in [3.63, 3.8) is 0 Å². The number of ether oxygens (including phenoxy) is 1. The van der Waals surface area contributed by atoms with Gasteiger partial charge in [-0.05, 0) is 30.0 Å². The first-order chi connectivity index (χ1) is 8.20. The smallest absolute Gasteiger partial charge is 0.350 e. The largest absolute Gasteiger partial charge is 0.456 e. The first kappa shape index (κ1) is 12.1. The molecular formula is C12H13NO2S2. The minimum Gasteiger partial charge on any atom is -0.456 e. The molecule has 0 aromatic carbocycles. The molecule has 90 valence electrons. The lowest BCUT2D eigenvalue weighted by Crippen LogP contribution is -2.04. The van der Waals surface area contributed by atoms with E-state index in [2.05, 4.69) is 13.0 Å². The van der Waals surface area contributed by atoms with Crippen LogP contribution < -0.4 is 5.73 Å². The Morgan fingerprint density at radius 2 is 2.12 bits per heavy atom. The van der Waals surface area contributed by atoms with E-state index in [1.54, 1.807) is 22.8 Å². The Hall–Kier alpha value is -1.33. The third-order valence-corrected chi connectivity index (χ3v) is 4.41. The lowest BCUT2D eigenvalue weighted by molar-refractivity contribution is 0.0484. The van der Waals surface area contributed by atoms with Crippen LogP contribution in [0.3, 0.4) is 0 Å². The zero-order valence-electron chi connectivity index (χ0n) is 9.43. The summed E-state index contributed by atoms with van der Waals surface area (Å²) in [5.74, 6) is -0.344. The zero-order chi connectivity index (χ0) is 12.3. The number of thiophene rings is 2. The fourth-order valence-corrected chi connectivity index (χ4v) is 2.96. The lowest BCUT2D eigenvalue weighted by atomic mass is 10.4. The van der Waals surface area contributed by atoms with Crippen LogP contribution in [0.2, 0.25) is 0 Å². The van der Waals surface area contributed by atoms with Crippen LogP contribution in [-0.4, -0.2) is 5.97 Å². The van der Waals surface area contributed by atoms with Gasteiger partial charge in [-0.2, -0.15) is 0 Å². The van der Waals surface area contributed by atoms with Crippen molar-refractivity contribution in [2.45, 2.75) is 20.0 Å². The summed E-state index contributed by atoms with van der Waals surface area (Å²) in [5, 5.41) is 1.78. The van der Waals surface area contributed by atoms with E-state index in [0.29, 0.717) is 17.2 Å². The number of esters is 1. The number of anilines is 1. The molecule has 0 spiro atoms. The van der Waals surface area contributed by atoms with Crippen LogP contribution >= 0.6 is 22.7 Å². The molecule has 17 heavy (non-hydrogen) atoms. The van der Waals surface area contributed by atoms with Crippen LogP contribution in [0, 0.1) is 0 Å². The van der Waals surface area contributed by atoms with Gasteiger partial charge in [-0.3, -0.25) is 0 Å². The van der Waals surface area contributed by atoms with E-state index < -0.39 is 0 Å². The highest BCUT2D eigenvalue weighted by Gasteiger charge is 2.13. The van der Waals surface area contributed by atoms with E-state index in [4.69, 9.17) is 10.5 Å². The van der Waals surface area contributed by atoms with Crippen molar-refractivity contribution in [3.8, 4) is 0 Å². The van der Waals surface area contributed by atoms with Gasteiger partial charge in [0, 0.05) is 9.75 Å². The summed E-state index contributed by atoms with van der Waals surface area (Å²) >= 11 is 2.98. The number of rotatable bonds is 4. The van der Waals surface area contributed by atoms with E-state index in [9.17, 15) is 4.79 Å². The normalized spacial score (nSPS) is 10.4. The predicted octanol–water partition coefficient (Wildman–Crippen LogP) is 3.31. The molecule has 3 nitrogen and oxygen atoms in total. The highest BCUT2D eigenvalue weighted by molar-refractivity contribution is 7.12. The van der Waals surface area contributed by atoms with E-state index >= 15 is 0 Å². The van der Waals surface area contributed by atoms with Gasteiger partial charge in [0.05, 0.1) is 5.69 Å². The molecule has 0 aliphatic heterocycles. The maximum atomic E-state index is 11.7. The van der Waals surface area contributed by atoms with Crippen molar-refractivity contribution in [2.75, 3.05) is 5.73 Å². The summed E-state index contributed by atoms with van der Waals surface area (Å²) in [7, 11) is 0. The topological polar surface area (TPSA) is 52.3 Å². The number of carbonyl (C=O) groups excluding carboxylic acids is 1. The first-order valence-corrected chi connectivity index (χ1v) is 6.98. The number of nitrogens with two attached hydrogens (primary N) is 1. The van der Waals surface area contributed by atoms with Crippen molar-refractivity contribution in [3.05, 3.63) is 38.2 Å². The standard InChI is InChI=1S/C12H13NO2S2/c1-2-8-3-4-9(17-8)7-15-12(14)11-10(13)5-6-16-11/h3-6H,2,7,13H2,1H3. The Kier molecular flexibility index (Phi) is 3.81. The monoisotopic (exact) mass is 267 g/mol. The minimum absolute atomic E-state index is 0.320. The molecule has 0 aliphatic rings. The SMILES string of the molecule is CCc1ccc(COC(=O)c2sccc2N)s1. The molecule has 2 heterocycles. The Morgan fingerprint density at radius 3 is 2.71 bits per heavy atom. The molecule has 0 unspecified atom stereocenters. The average Bonchev–Trinajstić information content (AvgIpc) is 2.94. The third-order valence-electron chi connectivity index (χ3n) is 2.29. The maximum absolute atomic E-state index is 11.7. The van der Waals surface area contributed by atoms with Crippen molar-refractivity contribution in [1.82, 2.24) is 0 Å². The predicted molar refractivity (Wildman–Crippen MR) is 71.5 cm³/mol. The van der Waals surface area contributed by atoms with Crippen LogP contribution in [-0.2, 0) is 17.8 Å². The van der Waals surface area contributed by atoms with Crippen LogP contribution in [0.15, 0.2) is 23.6 Å². The highest BCUT2D eigenvalue weighted by atomic mass is 32.1. The van der Waals surface area contributed by atoms with Crippen LogP contribution in [0.1, 0.15) is 26.3 Å². The summed E-state index contributed by atoms with van der Waals surface area (Å²) in [4.78, 5) is 14.5. The Balaban J connectivity index is 1.94. The van der Waals surface area contributed by atoms with E-state index in [1.165, 1.54) is 16.2 Å². The molecule has 0 aliphatic carbocycles. The summed E-state index contributed by atoms with van der Waals surface area (Å²) in [6.45, 7) is 2.43. The van der Waals surface area contributed by atoms with E-state index in [1.807, 2.05) is 6.07 Å². The molecule has 0 saturated carbocycles. The van der Waals surface area contributed by atoms with E-state index in [-0.39, 0.29) is 5.97 Å². The summed E-state index contributed by atoms with van der Waals surface area (Å²) in [6, 6.07) is 5.77. The number of hydrogen-bond acceptors (Lipinski definition) is 5. The number of hydrogen-bond donors (Lipinski definition) is 1. The van der Waals surface area contributed by atoms with Crippen LogP contribution in [0.4, 0.5) is 5.69 Å². The van der Waals surface area contributed by atoms with E-state index in [0.717, 1.165) is 11.3 Å². The maximum Gasteiger partial charge on any atom is 0.350 e. The fraction of sp³-hybridized carbons (Fsp3) is 0.250. The molecule has 0 atom stereocenters. The molecule has 0 bridgehead atoms. The second-order valence-electron chi connectivity index (χ2n) is 3.50. The number of carbonyl (C=O) groups is 1. The van der Waals surface area contributed by atoms with Gasteiger partial charge in [-0.15, -0.1) is 22.7 Å². The van der Waals surface area contributed by atoms with Gasteiger partial charge in [0.15, 0.2) is 0 Å². The number of nitrogen functional groups attached to an aromatic ring is 1. The van der Waals surface area contributed by atoms with Crippen LogP contribution in [0.25, 0.3) is 0 Å².